The molecule has 1 aliphatic carbocycles. The highest BCUT2D eigenvalue weighted by Gasteiger charge is 2.46. The van der Waals surface area contributed by atoms with Gasteiger partial charge in [-0.25, -0.2) is 8.78 Å². The fourth-order valence-electron chi connectivity index (χ4n) is 4.36. The van der Waals surface area contributed by atoms with Crippen LogP contribution in [-0.2, 0) is 4.79 Å². The molecule has 1 saturated heterocycles. The van der Waals surface area contributed by atoms with Gasteiger partial charge in [-0.05, 0) is 25.0 Å². The third-order valence-electron chi connectivity index (χ3n) is 5.89. The predicted molar refractivity (Wildman–Crippen MR) is 101 cm³/mol. The Balaban J connectivity index is 1.44. The van der Waals surface area contributed by atoms with E-state index in [9.17, 15) is 18.4 Å². The number of carbonyl (C=O) groups excluding carboxylic acids is 2. The molecule has 154 valence electrons. The zero-order chi connectivity index (χ0) is 20.4. The second-order valence-electron chi connectivity index (χ2n) is 8.00. The quantitative estimate of drug-likeness (QED) is 0.749. The second kappa shape index (κ2) is 8.02. The molecular weight excluding hydrogens is 380 g/mol. The smallest absolute Gasteiger partial charge is 0.274 e. The average Bonchev–Trinajstić information content (AvgIpc) is 3.16. The van der Waals surface area contributed by atoms with Gasteiger partial charge in [-0.1, -0.05) is 24.4 Å². The van der Waals surface area contributed by atoms with Crippen molar-refractivity contribution in [3.8, 4) is 11.3 Å². The molecule has 0 unspecified atom stereocenters. The molecule has 0 spiro atoms. The Bertz CT molecular complexity index is 902. The van der Waals surface area contributed by atoms with Gasteiger partial charge in [0.2, 0.25) is 0 Å². The van der Waals surface area contributed by atoms with E-state index in [0.717, 1.165) is 31.3 Å². The Morgan fingerprint density at radius 1 is 1.24 bits per heavy atom. The summed E-state index contributed by atoms with van der Waals surface area (Å²) in [6.45, 7) is 1.25. The first-order valence-corrected chi connectivity index (χ1v) is 9.92. The number of carbonyl (C=O) groups is 2. The van der Waals surface area contributed by atoms with Crippen LogP contribution in [0, 0.1) is 11.6 Å². The number of rotatable bonds is 6. The summed E-state index contributed by atoms with van der Waals surface area (Å²) in [4.78, 5) is 26.2. The van der Waals surface area contributed by atoms with E-state index in [1.54, 1.807) is 0 Å². The number of benzene rings is 1. The lowest BCUT2D eigenvalue weighted by Gasteiger charge is -2.53. The molecule has 0 radical (unpaired) electrons. The van der Waals surface area contributed by atoms with Crippen molar-refractivity contribution in [1.82, 2.24) is 15.4 Å². The Hall–Kier alpha value is -2.61. The van der Waals surface area contributed by atoms with E-state index in [4.69, 9.17) is 4.52 Å². The van der Waals surface area contributed by atoms with E-state index < -0.39 is 23.1 Å². The summed E-state index contributed by atoms with van der Waals surface area (Å²) < 4.78 is 32.1. The topological polar surface area (TPSA) is 75.4 Å². The standard InChI is InChI=1S/C21H23F2N3O3/c22-14-6-7-16(17(23)10-14)19-11-18(25-29-19)20(28)24-21(8-9-27)12-26(13-21)15-4-2-1-3-5-15/h6-7,9-11,15H,1-5,8,12-13H2,(H,24,28). The van der Waals surface area contributed by atoms with Gasteiger partial charge in [0.05, 0.1) is 11.1 Å². The number of hydrogen-bond acceptors (Lipinski definition) is 5. The molecule has 2 fully saturated rings. The maximum atomic E-state index is 13.9. The summed E-state index contributed by atoms with van der Waals surface area (Å²) in [5.41, 5.74) is -0.603. The van der Waals surface area contributed by atoms with Crippen molar-refractivity contribution >= 4 is 12.2 Å². The molecule has 1 amide bonds. The SMILES string of the molecule is O=CCC1(NC(=O)c2cc(-c3ccc(F)cc3F)on2)CN(C2CCCCC2)C1. The second-order valence-corrected chi connectivity index (χ2v) is 8.00. The molecule has 1 N–H and O–H groups in total. The van der Waals surface area contributed by atoms with Crippen LogP contribution in [0.3, 0.4) is 0 Å². The maximum absolute atomic E-state index is 13.9. The largest absolute Gasteiger partial charge is 0.355 e. The summed E-state index contributed by atoms with van der Waals surface area (Å²) in [5.74, 6) is -1.94. The summed E-state index contributed by atoms with van der Waals surface area (Å²) in [6, 6.07) is 4.91. The average molecular weight is 403 g/mol. The van der Waals surface area contributed by atoms with Gasteiger partial charge < -0.3 is 14.6 Å². The van der Waals surface area contributed by atoms with Gasteiger partial charge in [0.15, 0.2) is 11.5 Å². The molecule has 6 nitrogen and oxygen atoms in total. The number of aromatic nitrogens is 1. The highest BCUT2D eigenvalue weighted by Crippen LogP contribution is 2.32. The number of amides is 1. The fraction of sp³-hybridized carbons (Fsp3) is 0.476. The zero-order valence-corrected chi connectivity index (χ0v) is 16.0. The molecule has 1 aromatic heterocycles. The lowest BCUT2D eigenvalue weighted by Crippen LogP contribution is -2.72. The van der Waals surface area contributed by atoms with Crippen molar-refractivity contribution in [2.75, 3.05) is 13.1 Å². The number of nitrogens with zero attached hydrogens (tertiary/aromatic N) is 2. The molecule has 0 atom stereocenters. The van der Waals surface area contributed by atoms with Gasteiger partial charge in [-0.15, -0.1) is 0 Å². The van der Waals surface area contributed by atoms with Gasteiger partial charge in [0.1, 0.15) is 17.9 Å². The number of likely N-dealkylation sites (tertiary alicyclic amines) is 1. The van der Waals surface area contributed by atoms with Crippen LogP contribution in [0.1, 0.15) is 49.0 Å². The fourth-order valence-corrected chi connectivity index (χ4v) is 4.36. The number of halogens is 2. The normalized spacial score (nSPS) is 19.5. The third-order valence-corrected chi connectivity index (χ3v) is 5.89. The Kier molecular flexibility index (Phi) is 5.45. The van der Waals surface area contributed by atoms with Gasteiger partial charge in [-0.3, -0.25) is 9.69 Å². The van der Waals surface area contributed by atoms with Gasteiger partial charge in [0, 0.05) is 37.7 Å². The molecule has 1 saturated carbocycles. The van der Waals surface area contributed by atoms with Crippen molar-refractivity contribution in [1.29, 1.82) is 0 Å². The zero-order valence-electron chi connectivity index (χ0n) is 16.0. The van der Waals surface area contributed by atoms with Crippen LogP contribution in [0.5, 0.6) is 0 Å². The molecule has 0 bridgehead atoms. The minimum Gasteiger partial charge on any atom is -0.355 e. The van der Waals surface area contributed by atoms with Crippen molar-refractivity contribution < 1.29 is 22.9 Å². The minimum atomic E-state index is -0.798. The van der Waals surface area contributed by atoms with Crippen LogP contribution in [0.15, 0.2) is 28.8 Å². The number of aldehydes is 1. The monoisotopic (exact) mass is 403 g/mol. The van der Waals surface area contributed by atoms with Crippen molar-refractivity contribution in [2.45, 2.75) is 50.1 Å². The van der Waals surface area contributed by atoms with Gasteiger partial charge in [-0.2, -0.15) is 0 Å². The van der Waals surface area contributed by atoms with E-state index in [1.165, 1.54) is 31.4 Å². The highest BCUT2D eigenvalue weighted by molar-refractivity contribution is 5.94. The summed E-state index contributed by atoms with van der Waals surface area (Å²) >= 11 is 0. The van der Waals surface area contributed by atoms with Gasteiger partial charge >= 0.3 is 0 Å². The molecule has 4 rings (SSSR count). The van der Waals surface area contributed by atoms with Crippen molar-refractivity contribution in [3.05, 3.63) is 41.6 Å². The van der Waals surface area contributed by atoms with Crippen LogP contribution in [0.4, 0.5) is 8.78 Å². The van der Waals surface area contributed by atoms with Gasteiger partial charge in [0.25, 0.3) is 5.91 Å². The molecule has 2 aliphatic rings. The first-order chi connectivity index (χ1) is 14.0. The molecule has 2 heterocycles. The Morgan fingerprint density at radius 2 is 2.00 bits per heavy atom. The molecule has 8 heteroatoms. The summed E-state index contributed by atoms with van der Waals surface area (Å²) in [5, 5.41) is 6.63. The minimum absolute atomic E-state index is 0.00915. The van der Waals surface area contributed by atoms with Crippen molar-refractivity contribution in [2.24, 2.45) is 0 Å². The Labute approximate surface area is 167 Å². The van der Waals surface area contributed by atoms with E-state index >= 15 is 0 Å². The van der Waals surface area contributed by atoms with E-state index in [1.807, 2.05) is 0 Å². The molecular formula is C21H23F2N3O3. The van der Waals surface area contributed by atoms with Crippen LogP contribution >= 0.6 is 0 Å². The van der Waals surface area contributed by atoms with E-state index in [-0.39, 0.29) is 23.4 Å². The molecule has 1 aliphatic heterocycles. The number of hydrogen-bond donors (Lipinski definition) is 1. The molecule has 1 aromatic carbocycles. The lowest BCUT2D eigenvalue weighted by molar-refractivity contribution is -0.111. The lowest BCUT2D eigenvalue weighted by atomic mass is 9.82. The van der Waals surface area contributed by atoms with E-state index in [2.05, 4.69) is 15.4 Å². The summed E-state index contributed by atoms with van der Waals surface area (Å²) in [6.07, 6.45) is 7.05. The highest BCUT2D eigenvalue weighted by atomic mass is 19.1. The molecule has 2 aromatic rings. The summed E-state index contributed by atoms with van der Waals surface area (Å²) in [7, 11) is 0. The van der Waals surface area contributed by atoms with Crippen molar-refractivity contribution in [3.63, 3.8) is 0 Å². The number of nitrogens with one attached hydrogen (secondary N) is 1. The third kappa shape index (κ3) is 4.07. The van der Waals surface area contributed by atoms with E-state index in [0.29, 0.717) is 19.1 Å². The Morgan fingerprint density at radius 3 is 2.69 bits per heavy atom. The predicted octanol–water partition coefficient (Wildman–Crippen LogP) is 3.33. The van der Waals surface area contributed by atoms with Crippen LogP contribution in [-0.4, -0.2) is 46.9 Å². The first-order valence-electron chi connectivity index (χ1n) is 9.92. The molecule has 29 heavy (non-hydrogen) atoms. The van der Waals surface area contributed by atoms with Crippen LogP contribution < -0.4 is 5.32 Å². The first kappa shape index (κ1) is 19.7. The van der Waals surface area contributed by atoms with Crippen LogP contribution in [0.2, 0.25) is 0 Å². The maximum Gasteiger partial charge on any atom is 0.274 e. The van der Waals surface area contributed by atoms with Crippen LogP contribution in [0.25, 0.3) is 11.3 Å².